The molecule has 0 aliphatic rings. The molecule has 2 aromatic rings. The van der Waals surface area contributed by atoms with Crippen molar-refractivity contribution >= 4 is 11.6 Å². The number of aromatic amines is 1. The molecule has 0 saturated heterocycles. The van der Waals surface area contributed by atoms with Crippen molar-refractivity contribution in [3.05, 3.63) is 63.1 Å². The Hall–Kier alpha value is -3.38. The molecule has 0 radical (unpaired) electrons. The van der Waals surface area contributed by atoms with Crippen molar-refractivity contribution in [1.29, 1.82) is 10.5 Å². The zero-order chi connectivity index (χ0) is 15.4. The zero-order valence-corrected chi connectivity index (χ0v) is 11.1. The highest BCUT2D eigenvalue weighted by Gasteiger charge is 2.09. The molecule has 6 heteroatoms. The maximum Gasteiger partial charge on any atom is 0.255 e. The molecule has 1 amide bonds. The van der Waals surface area contributed by atoms with E-state index < -0.39 is 5.91 Å². The van der Waals surface area contributed by atoms with Gasteiger partial charge in [-0.25, -0.2) is 0 Å². The van der Waals surface area contributed by atoms with Gasteiger partial charge in [-0.1, -0.05) is 0 Å². The van der Waals surface area contributed by atoms with E-state index in [2.05, 4.69) is 10.3 Å². The molecule has 1 heterocycles. The monoisotopic (exact) mass is 278 g/mol. The fourth-order valence-electron chi connectivity index (χ4n) is 1.83. The Balaban J connectivity index is 2.30. The number of amides is 1. The van der Waals surface area contributed by atoms with Gasteiger partial charge in [-0.15, -0.1) is 0 Å². The van der Waals surface area contributed by atoms with Crippen molar-refractivity contribution in [1.82, 2.24) is 4.98 Å². The summed E-state index contributed by atoms with van der Waals surface area (Å²) in [6.07, 6.45) is 0. The van der Waals surface area contributed by atoms with E-state index in [1.54, 1.807) is 13.0 Å². The van der Waals surface area contributed by atoms with Crippen molar-refractivity contribution < 1.29 is 4.79 Å². The van der Waals surface area contributed by atoms with E-state index in [0.29, 0.717) is 11.4 Å². The number of H-pyrrole nitrogens is 1. The van der Waals surface area contributed by atoms with E-state index in [1.807, 2.05) is 12.1 Å². The number of aromatic nitrogens is 1. The molecule has 0 aliphatic carbocycles. The highest BCUT2D eigenvalue weighted by atomic mass is 16.2. The van der Waals surface area contributed by atoms with Gasteiger partial charge in [0, 0.05) is 23.0 Å². The van der Waals surface area contributed by atoms with Crippen molar-refractivity contribution in [2.75, 3.05) is 5.32 Å². The van der Waals surface area contributed by atoms with Crippen molar-refractivity contribution in [3.63, 3.8) is 0 Å². The van der Waals surface area contributed by atoms with E-state index >= 15 is 0 Å². The van der Waals surface area contributed by atoms with Crippen LogP contribution in [0.3, 0.4) is 0 Å². The quantitative estimate of drug-likeness (QED) is 0.870. The Kier molecular flexibility index (Phi) is 3.83. The van der Waals surface area contributed by atoms with Crippen molar-refractivity contribution in [2.45, 2.75) is 6.92 Å². The molecular weight excluding hydrogens is 268 g/mol. The average Bonchev–Trinajstić information content (AvgIpc) is 2.46. The summed E-state index contributed by atoms with van der Waals surface area (Å²) < 4.78 is 0. The van der Waals surface area contributed by atoms with Crippen LogP contribution in [0.25, 0.3) is 0 Å². The highest BCUT2D eigenvalue weighted by molar-refractivity contribution is 6.04. The zero-order valence-electron chi connectivity index (χ0n) is 11.1. The summed E-state index contributed by atoms with van der Waals surface area (Å²) in [6.45, 7) is 1.67. The van der Waals surface area contributed by atoms with Gasteiger partial charge in [0.15, 0.2) is 0 Å². The number of carbonyl (C=O) groups excluding carboxylic acids is 1. The SMILES string of the molecule is Cc1cc(C(=O)Nc2ccc(C#N)c(C#N)c2)cc(=O)[nH]1. The van der Waals surface area contributed by atoms with Gasteiger partial charge in [-0.3, -0.25) is 9.59 Å². The fraction of sp³-hybridized carbons (Fsp3) is 0.0667. The molecule has 0 spiro atoms. The Morgan fingerprint density at radius 3 is 2.48 bits per heavy atom. The third-order valence-corrected chi connectivity index (χ3v) is 2.76. The maximum atomic E-state index is 12.1. The van der Waals surface area contributed by atoms with Gasteiger partial charge in [-0.05, 0) is 31.2 Å². The standard InChI is InChI=1S/C15H10N4O2/c1-9-4-11(6-14(20)18-9)15(21)19-13-3-2-10(7-16)12(5-13)8-17/h2-6H,1H3,(H,18,20)(H,19,21). The Morgan fingerprint density at radius 2 is 1.86 bits per heavy atom. The molecule has 0 fully saturated rings. The summed E-state index contributed by atoms with van der Waals surface area (Å²) in [5.41, 5.74) is 1.23. The van der Waals surface area contributed by atoms with Gasteiger partial charge in [0.05, 0.1) is 11.1 Å². The van der Waals surface area contributed by atoms with Gasteiger partial charge >= 0.3 is 0 Å². The smallest absolute Gasteiger partial charge is 0.255 e. The minimum absolute atomic E-state index is 0.178. The molecule has 0 saturated carbocycles. The number of pyridine rings is 1. The molecule has 102 valence electrons. The van der Waals surface area contributed by atoms with Crippen LogP contribution in [0.2, 0.25) is 0 Å². The summed E-state index contributed by atoms with van der Waals surface area (Å²) in [5, 5.41) is 20.4. The first-order valence-electron chi connectivity index (χ1n) is 6.00. The van der Waals surface area contributed by atoms with Crippen LogP contribution in [-0.2, 0) is 0 Å². The molecule has 6 nitrogen and oxygen atoms in total. The van der Waals surface area contributed by atoms with E-state index in [1.165, 1.54) is 24.3 Å². The lowest BCUT2D eigenvalue weighted by atomic mass is 10.1. The first-order chi connectivity index (χ1) is 10.0. The predicted molar refractivity (Wildman–Crippen MR) is 75.6 cm³/mol. The van der Waals surface area contributed by atoms with E-state index in [9.17, 15) is 9.59 Å². The Bertz CT molecular complexity index is 853. The first-order valence-corrected chi connectivity index (χ1v) is 6.00. The molecule has 0 atom stereocenters. The van der Waals surface area contributed by atoms with Crippen molar-refractivity contribution in [2.24, 2.45) is 0 Å². The molecular formula is C15H10N4O2. The number of hydrogen-bond donors (Lipinski definition) is 2. The molecule has 21 heavy (non-hydrogen) atoms. The second kappa shape index (κ2) is 5.72. The minimum Gasteiger partial charge on any atom is -0.326 e. The second-order valence-electron chi connectivity index (χ2n) is 4.35. The molecule has 0 bridgehead atoms. The molecule has 0 unspecified atom stereocenters. The number of rotatable bonds is 2. The lowest BCUT2D eigenvalue weighted by Gasteiger charge is -2.06. The van der Waals surface area contributed by atoms with Gasteiger partial charge < -0.3 is 10.3 Å². The molecule has 2 N–H and O–H groups in total. The number of aryl methyl sites for hydroxylation is 1. The Morgan fingerprint density at radius 1 is 1.14 bits per heavy atom. The number of anilines is 1. The fourth-order valence-corrected chi connectivity index (χ4v) is 1.83. The summed E-state index contributed by atoms with van der Waals surface area (Å²) in [7, 11) is 0. The van der Waals surface area contributed by atoms with Crippen LogP contribution in [0.5, 0.6) is 0 Å². The molecule has 1 aromatic heterocycles. The third-order valence-electron chi connectivity index (χ3n) is 2.76. The minimum atomic E-state index is -0.460. The van der Waals surface area contributed by atoms with Crippen LogP contribution >= 0.6 is 0 Å². The van der Waals surface area contributed by atoms with Crippen LogP contribution in [0.4, 0.5) is 5.69 Å². The van der Waals surface area contributed by atoms with Gasteiger partial charge in [-0.2, -0.15) is 10.5 Å². The summed E-state index contributed by atoms with van der Waals surface area (Å²) in [4.78, 5) is 25.9. The lowest BCUT2D eigenvalue weighted by Crippen LogP contribution is -2.16. The van der Waals surface area contributed by atoms with Crippen molar-refractivity contribution in [3.8, 4) is 12.1 Å². The van der Waals surface area contributed by atoms with Gasteiger partial charge in [0.25, 0.3) is 5.91 Å². The largest absolute Gasteiger partial charge is 0.326 e. The third kappa shape index (κ3) is 3.14. The second-order valence-corrected chi connectivity index (χ2v) is 4.35. The number of nitriles is 2. The normalized spacial score (nSPS) is 9.48. The number of nitrogens with zero attached hydrogens (tertiary/aromatic N) is 2. The maximum absolute atomic E-state index is 12.1. The summed E-state index contributed by atoms with van der Waals surface area (Å²) >= 11 is 0. The van der Waals surface area contributed by atoms with Gasteiger partial charge in [0.2, 0.25) is 5.56 Å². The van der Waals surface area contributed by atoms with Crippen LogP contribution in [-0.4, -0.2) is 10.9 Å². The lowest BCUT2D eigenvalue weighted by molar-refractivity contribution is 0.102. The van der Waals surface area contributed by atoms with Crippen LogP contribution in [0.15, 0.2) is 35.1 Å². The summed E-state index contributed by atoms with van der Waals surface area (Å²) in [5.74, 6) is -0.460. The van der Waals surface area contributed by atoms with Crippen LogP contribution in [0, 0.1) is 29.6 Å². The molecule has 1 aromatic carbocycles. The summed E-state index contributed by atoms with van der Waals surface area (Å²) in [6, 6.07) is 10.9. The predicted octanol–water partition coefficient (Wildman–Crippen LogP) is 1.68. The van der Waals surface area contributed by atoms with Crippen LogP contribution in [0.1, 0.15) is 27.2 Å². The average molecular weight is 278 g/mol. The van der Waals surface area contributed by atoms with E-state index in [-0.39, 0.29) is 22.2 Å². The first kappa shape index (κ1) is 14.0. The highest BCUT2D eigenvalue weighted by Crippen LogP contribution is 2.15. The van der Waals surface area contributed by atoms with Crippen LogP contribution < -0.4 is 10.9 Å². The number of carbonyl (C=O) groups is 1. The van der Waals surface area contributed by atoms with Gasteiger partial charge in [0.1, 0.15) is 12.1 Å². The molecule has 2 rings (SSSR count). The van der Waals surface area contributed by atoms with E-state index in [4.69, 9.17) is 10.5 Å². The topological polar surface area (TPSA) is 110 Å². The number of hydrogen-bond acceptors (Lipinski definition) is 4. The number of nitrogens with one attached hydrogen (secondary N) is 2. The van der Waals surface area contributed by atoms with E-state index in [0.717, 1.165) is 0 Å². The number of benzene rings is 1. The molecule has 0 aliphatic heterocycles. The Labute approximate surface area is 120 Å².